The summed E-state index contributed by atoms with van der Waals surface area (Å²) in [5, 5.41) is 7.68. The molecule has 0 radical (unpaired) electrons. The van der Waals surface area contributed by atoms with E-state index in [4.69, 9.17) is 13.8 Å². The first-order valence-electron chi connectivity index (χ1n) is 9.23. The van der Waals surface area contributed by atoms with Crippen LogP contribution in [0.5, 0.6) is 0 Å². The number of sulfonamides is 1. The highest BCUT2D eigenvalue weighted by molar-refractivity contribution is 7.89. The van der Waals surface area contributed by atoms with Crippen LogP contribution in [-0.4, -0.2) is 52.2 Å². The van der Waals surface area contributed by atoms with Gasteiger partial charge in [0.15, 0.2) is 11.6 Å². The Balaban J connectivity index is 1.40. The molecule has 4 heterocycles. The average Bonchev–Trinajstić information content (AvgIpc) is 3.34. The Hall–Kier alpha value is -2.63. The van der Waals surface area contributed by atoms with Crippen molar-refractivity contribution in [3.05, 3.63) is 41.8 Å². The van der Waals surface area contributed by atoms with E-state index in [1.807, 2.05) is 0 Å². The minimum absolute atomic E-state index is 0.137. The van der Waals surface area contributed by atoms with Gasteiger partial charge in [-0.25, -0.2) is 8.42 Å². The normalized spacial score (nSPS) is 18.2. The fraction of sp³-hybridized carbons (Fsp3) is 0.444. The van der Waals surface area contributed by atoms with Gasteiger partial charge in [0.25, 0.3) is 5.89 Å². The van der Waals surface area contributed by atoms with Crippen molar-refractivity contribution in [1.29, 1.82) is 0 Å². The molecule has 0 saturated carbocycles. The first kappa shape index (κ1) is 19.7. The summed E-state index contributed by atoms with van der Waals surface area (Å²) < 4.78 is 43.6. The Morgan fingerprint density at radius 3 is 2.72 bits per heavy atom. The van der Waals surface area contributed by atoms with Crippen LogP contribution < -0.4 is 0 Å². The van der Waals surface area contributed by atoms with Crippen LogP contribution in [0.3, 0.4) is 0 Å². The number of aryl methyl sites for hydroxylation is 2. The molecule has 0 aliphatic carbocycles. The number of nitrogens with zero attached hydrogens (tertiary/aromatic N) is 5. The van der Waals surface area contributed by atoms with Crippen LogP contribution in [0.4, 0.5) is 0 Å². The molecule has 0 bridgehead atoms. The highest BCUT2D eigenvalue weighted by Gasteiger charge is 2.34. The fourth-order valence-electron chi connectivity index (χ4n) is 3.35. The monoisotopic (exact) mass is 419 g/mol. The van der Waals surface area contributed by atoms with E-state index in [-0.39, 0.29) is 24.2 Å². The maximum Gasteiger partial charge on any atom is 0.258 e. The third-order valence-corrected chi connectivity index (χ3v) is 6.86. The van der Waals surface area contributed by atoms with Crippen LogP contribution in [0.2, 0.25) is 0 Å². The second-order valence-electron chi connectivity index (χ2n) is 6.84. The zero-order valence-electron chi connectivity index (χ0n) is 16.1. The first-order valence-corrected chi connectivity index (χ1v) is 10.7. The van der Waals surface area contributed by atoms with Gasteiger partial charge in [0.2, 0.25) is 10.0 Å². The summed E-state index contributed by atoms with van der Waals surface area (Å²) in [4.78, 5) is 8.40. The number of aromatic nitrogens is 4. The lowest BCUT2D eigenvalue weighted by Gasteiger charge is -2.31. The summed E-state index contributed by atoms with van der Waals surface area (Å²) >= 11 is 0. The van der Waals surface area contributed by atoms with Crippen LogP contribution >= 0.6 is 0 Å². The van der Waals surface area contributed by atoms with Gasteiger partial charge in [0.1, 0.15) is 17.2 Å². The standard InChI is InChI=1S/C18H21N5O5S/c1-12-17(13(2)27-21-12)29(24,25)23-9-3-4-15(10-23)26-11-16-20-18(28-22-16)14-5-7-19-8-6-14/h5-8,15H,3-4,9-11H2,1-2H3. The number of hydrogen-bond acceptors (Lipinski definition) is 9. The number of piperidine rings is 1. The van der Waals surface area contributed by atoms with Gasteiger partial charge < -0.3 is 13.8 Å². The van der Waals surface area contributed by atoms with Crippen molar-refractivity contribution >= 4 is 10.0 Å². The lowest BCUT2D eigenvalue weighted by atomic mass is 10.1. The van der Waals surface area contributed by atoms with E-state index in [0.29, 0.717) is 36.1 Å². The molecule has 0 aromatic carbocycles. The fourth-order valence-corrected chi connectivity index (χ4v) is 5.15. The van der Waals surface area contributed by atoms with Crippen molar-refractivity contribution in [3.63, 3.8) is 0 Å². The molecule has 0 N–H and O–H groups in total. The molecule has 1 fully saturated rings. The Morgan fingerprint density at radius 1 is 1.21 bits per heavy atom. The van der Waals surface area contributed by atoms with Gasteiger partial charge in [0, 0.05) is 31.0 Å². The van der Waals surface area contributed by atoms with Crippen LogP contribution in [0, 0.1) is 13.8 Å². The summed E-state index contributed by atoms with van der Waals surface area (Å²) in [5.74, 6) is 1.08. The van der Waals surface area contributed by atoms with Crippen molar-refractivity contribution in [2.45, 2.75) is 44.3 Å². The summed E-state index contributed by atoms with van der Waals surface area (Å²) in [6.45, 7) is 4.04. The highest BCUT2D eigenvalue weighted by atomic mass is 32.2. The molecule has 3 aromatic heterocycles. The van der Waals surface area contributed by atoms with Gasteiger partial charge in [-0.05, 0) is 38.8 Å². The van der Waals surface area contributed by atoms with Crippen LogP contribution in [-0.2, 0) is 21.4 Å². The lowest BCUT2D eigenvalue weighted by molar-refractivity contribution is 0.00436. The predicted molar refractivity (Wildman–Crippen MR) is 100 cm³/mol. The van der Waals surface area contributed by atoms with E-state index in [1.54, 1.807) is 38.4 Å². The van der Waals surface area contributed by atoms with E-state index >= 15 is 0 Å². The molecule has 4 rings (SSSR count). The molecular weight excluding hydrogens is 398 g/mol. The maximum atomic E-state index is 13.0. The molecule has 29 heavy (non-hydrogen) atoms. The second-order valence-corrected chi connectivity index (χ2v) is 8.72. The largest absolute Gasteiger partial charge is 0.369 e. The van der Waals surface area contributed by atoms with Crippen molar-refractivity contribution in [3.8, 4) is 11.5 Å². The SMILES string of the molecule is Cc1noc(C)c1S(=O)(=O)N1CCCC(OCc2noc(-c3ccncc3)n2)C1. The van der Waals surface area contributed by atoms with E-state index in [2.05, 4.69) is 20.3 Å². The topological polar surface area (TPSA) is 124 Å². The zero-order valence-corrected chi connectivity index (χ0v) is 16.9. The van der Waals surface area contributed by atoms with E-state index in [0.717, 1.165) is 12.0 Å². The molecule has 3 aromatic rings. The number of pyridine rings is 1. The Bertz CT molecular complexity index is 1060. The first-order chi connectivity index (χ1) is 13.9. The summed E-state index contributed by atoms with van der Waals surface area (Å²) in [5.41, 5.74) is 1.13. The van der Waals surface area contributed by atoms with Gasteiger partial charge in [-0.3, -0.25) is 4.98 Å². The lowest BCUT2D eigenvalue weighted by Crippen LogP contribution is -2.43. The smallest absolute Gasteiger partial charge is 0.258 e. The highest BCUT2D eigenvalue weighted by Crippen LogP contribution is 2.27. The van der Waals surface area contributed by atoms with Crippen LogP contribution in [0.1, 0.15) is 30.1 Å². The second kappa shape index (κ2) is 8.01. The van der Waals surface area contributed by atoms with Crippen LogP contribution in [0.25, 0.3) is 11.5 Å². The molecule has 0 amide bonds. The van der Waals surface area contributed by atoms with Crippen LogP contribution in [0.15, 0.2) is 38.5 Å². The van der Waals surface area contributed by atoms with Crippen molar-refractivity contribution in [2.75, 3.05) is 13.1 Å². The van der Waals surface area contributed by atoms with Gasteiger partial charge in [-0.15, -0.1) is 0 Å². The molecule has 0 spiro atoms. The molecule has 1 atom stereocenters. The third-order valence-electron chi connectivity index (χ3n) is 4.75. The van der Waals surface area contributed by atoms with Gasteiger partial charge >= 0.3 is 0 Å². The molecule has 1 saturated heterocycles. The molecule has 11 heteroatoms. The summed E-state index contributed by atoms with van der Waals surface area (Å²) in [6.07, 6.45) is 4.48. The quantitative estimate of drug-likeness (QED) is 0.590. The van der Waals surface area contributed by atoms with E-state index < -0.39 is 10.0 Å². The average molecular weight is 419 g/mol. The summed E-state index contributed by atoms with van der Waals surface area (Å²) in [6, 6.07) is 3.55. The minimum Gasteiger partial charge on any atom is -0.369 e. The van der Waals surface area contributed by atoms with E-state index in [9.17, 15) is 8.42 Å². The predicted octanol–water partition coefficient (Wildman–Crippen LogP) is 2.11. The summed E-state index contributed by atoms with van der Waals surface area (Å²) in [7, 11) is -3.69. The maximum absolute atomic E-state index is 13.0. The minimum atomic E-state index is -3.69. The molecule has 10 nitrogen and oxygen atoms in total. The van der Waals surface area contributed by atoms with Gasteiger partial charge in [0.05, 0.1) is 6.10 Å². The van der Waals surface area contributed by atoms with Crippen molar-refractivity contribution in [1.82, 2.24) is 24.6 Å². The third kappa shape index (κ3) is 4.07. The molecule has 1 aliphatic rings. The molecule has 1 unspecified atom stereocenters. The zero-order chi connectivity index (χ0) is 20.4. The molecular formula is C18H21N5O5S. The number of hydrogen-bond donors (Lipinski definition) is 0. The Labute approximate surface area is 167 Å². The number of ether oxygens (including phenoxy) is 1. The molecule has 1 aliphatic heterocycles. The Morgan fingerprint density at radius 2 is 2.00 bits per heavy atom. The molecule has 154 valence electrons. The Kier molecular flexibility index (Phi) is 5.43. The van der Waals surface area contributed by atoms with E-state index in [1.165, 1.54) is 4.31 Å². The van der Waals surface area contributed by atoms with Crippen molar-refractivity contribution < 1.29 is 22.2 Å². The van der Waals surface area contributed by atoms with Crippen molar-refractivity contribution in [2.24, 2.45) is 0 Å². The van der Waals surface area contributed by atoms with Gasteiger partial charge in [-0.1, -0.05) is 10.3 Å². The van der Waals surface area contributed by atoms with Gasteiger partial charge in [-0.2, -0.15) is 9.29 Å². The number of rotatable bonds is 6.